The van der Waals surface area contributed by atoms with Gasteiger partial charge in [-0.1, -0.05) is 12.1 Å². The third kappa shape index (κ3) is 7.35. The fraction of sp³-hybridized carbons (Fsp3) is 0.500. The number of ether oxygens (including phenoxy) is 2. The van der Waals surface area contributed by atoms with Crippen molar-refractivity contribution in [2.45, 2.75) is 71.2 Å². The number of carbonyl (C=O) groups is 4. The number of hydrogen-bond donors (Lipinski definition) is 2. The van der Waals surface area contributed by atoms with Gasteiger partial charge in [0, 0.05) is 44.8 Å². The molecule has 3 atom stereocenters. The first-order chi connectivity index (χ1) is 20.7. The van der Waals surface area contributed by atoms with Gasteiger partial charge in [0.05, 0.1) is 6.04 Å². The van der Waals surface area contributed by atoms with Crippen molar-refractivity contribution in [1.29, 1.82) is 0 Å². The van der Waals surface area contributed by atoms with Crippen LogP contribution in [-0.2, 0) is 30.4 Å². The summed E-state index contributed by atoms with van der Waals surface area (Å²) in [4.78, 5) is 56.9. The van der Waals surface area contributed by atoms with Crippen LogP contribution in [0.25, 0.3) is 0 Å². The van der Waals surface area contributed by atoms with Crippen LogP contribution in [0.4, 0.5) is 25.0 Å². The number of hydrogen-bond acceptors (Lipinski definition) is 7. The largest absolute Gasteiger partial charge is 0.444 e. The summed E-state index contributed by atoms with van der Waals surface area (Å²) in [6.07, 6.45) is 0.177. The number of rotatable bonds is 8. The molecule has 10 nitrogen and oxygen atoms in total. The molecule has 44 heavy (non-hydrogen) atoms. The molecule has 3 N–H and O–H groups in total. The van der Waals surface area contributed by atoms with Gasteiger partial charge >= 0.3 is 6.09 Å². The number of anilines is 2. The van der Waals surface area contributed by atoms with Crippen molar-refractivity contribution >= 4 is 35.1 Å². The number of ketones is 1. The number of benzene rings is 2. The van der Waals surface area contributed by atoms with Gasteiger partial charge in [-0.05, 0) is 81.8 Å². The van der Waals surface area contributed by atoms with Gasteiger partial charge in [-0.2, -0.15) is 0 Å². The van der Waals surface area contributed by atoms with E-state index in [1.807, 2.05) is 0 Å². The molecule has 0 aromatic heterocycles. The molecule has 0 saturated carbocycles. The monoisotopic (exact) mass is 614 g/mol. The molecule has 2 aromatic carbocycles. The van der Waals surface area contributed by atoms with Crippen LogP contribution >= 0.6 is 0 Å². The van der Waals surface area contributed by atoms with E-state index in [1.54, 1.807) is 45.9 Å². The Kier molecular flexibility index (Phi) is 9.92. The zero-order chi connectivity index (χ0) is 32.3. The lowest BCUT2D eigenvalue weighted by atomic mass is 9.80. The highest BCUT2D eigenvalue weighted by molar-refractivity contribution is 6.00. The zero-order valence-electron chi connectivity index (χ0n) is 25.7. The Labute approximate surface area is 255 Å². The molecule has 2 aromatic rings. The summed E-state index contributed by atoms with van der Waals surface area (Å²) in [5.41, 5.74) is 6.13. The van der Waals surface area contributed by atoms with Crippen molar-refractivity contribution in [3.8, 4) is 0 Å². The molecule has 0 aliphatic carbocycles. The van der Waals surface area contributed by atoms with E-state index in [2.05, 4.69) is 5.32 Å². The fourth-order valence-corrected chi connectivity index (χ4v) is 5.65. The highest BCUT2D eigenvalue weighted by atomic mass is 19.1. The Morgan fingerprint density at radius 2 is 1.75 bits per heavy atom. The van der Waals surface area contributed by atoms with Crippen LogP contribution in [0.5, 0.6) is 0 Å². The average molecular weight is 615 g/mol. The van der Waals surface area contributed by atoms with Gasteiger partial charge in [-0.15, -0.1) is 0 Å². The average Bonchev–Trinajstić information content (AvgIpc) is 3.34. The lowest BCUT2D eigenvalue weighted by Gasteiger charge is -2.35. The minimum Gasteiger partial charge on any atom is -0.444 e. The van der Waals surface area contributed by atoms with Gasteiger partial charge in [-0.25, -0.2) is 13.6 Å². The number of fused-ring (bicyclic) bond motifs is 1. The maximum absolute atomic E-state index is 14.5. The predicted octanol–water partition coefficient (Wildman–Crippen LogP) is 4.83. The summed E-state index contributed by atoms with van der Waals surface area (Å²) >= 11 is 0. The third-order valence-electron chi connectivity index (χ3n) is 8.16. The molecule has 4 rings (SSSR count). The maximum Gasteiger partial charge on any atom is 0.410 e. The van der Waals surface area contributed by atoms with Crippen LogP contribution in [0.1, 0.15) is 64.1 Å². The number of likely N-dealkylation sites (N-methyl/N-ethyl adjacent to an activating group) is 1. The van der Waals surface area contributed by atoms with Crippen molar-refractivity contribution in [3.63, 3.8) is 0 Å². The normalized spacial score (nSPS) is 18.2. The van der Waals surface area contributed by atoms with Crippen LogP contribution in [0.2, 0.25) is 0 Å². The number of amides is 3. The number of nitrogens with two attached hydrogens (primary N) is 1. The Balaban J connectivity index is 1.64. The number of nitrogen functional groups attached to an aromatic ring is 1. The first-order valence-corrected chi connectivity index (χ1v) is 14.7. The SMILES string of the molecule is C[C@@H](C(=O)C[C@H](C(=O)N1Cc2cc(N)ccc2[C@H]1C(=O)Nc1c(F)cccc1F)C1CCOCC1)N(C)C(=O)OC(C)(C)C. The molecule has 2 aliphatic rings. The first kappa shape index (κ1) is 32.8. The summed E-state index contributed by atoms with van der Waals surface area (Å²) in [5, 5.41) is 2.33. The second-order valence-corrected chi connectivity index (χ2v) is 12.4. The molecule has 1 saturated heterocycles. The number of carbonyl (C=O) groups excluding carboxylic acids is 4. The standard InChI is InChI=1S/C32H40F2N4O6/c1-18(37(5)31(42)44-32(2,3)4)26(39)16-23(19-11-13-43-14-12-19)30(41)38-17-20-15-21(35)9-10-22(20)28(38)29(40)36-27-24(33)7-6-8-25(27)34/h6-10,15,18-19,23,28H,11-14,16-17,35H2,1-5H3,(H,36,40)/t18-,23-,28-/m0/s1. The van der Waals surface area contributed by atoms with Crippen molar-refractivity contribution in [2.75, 3.05) is 31.3 Å². The topological polar surface area (TPSA) is 131 Å². The summed E-state index contributed by atoms with van der Waals surface area (Å²) in [7, 11) is 1.46. The molecule has 2 heterocycles. The molecule has 238 valence electrons. The van der Waals surface area contributed by atoms with Crippen LogP contribution in [0, 0.1) is 23.5 Å². The van der Waals surface area contributed by atoms with E-state index in [0.29, 0.717) is 42.9 Å². The lowest BCUT2D eigenvalue weighted by Crippen LogP contribution is -2.47. The third-order valence-corrected chi connectivity index (χ3v) is 8.16. The predicted molar refractivity (Wildman–Crippen MR) is 159 cm³/mol. The van der Waals surface area contributed by atoms with Crippen molar-refractivity contribution in [3.05, 3.63) is 59.2 Å². The molecule has 0 radical (unpaired) electrons. The molecular formula is C32H40F2N4O6. The quantitative estimate of drug-likeness (QED) is 0.408. The van der Waals surface area contributed by atoms with Crippen LogP contribution in [0.15, 0.2) is 36.4 Å². The minimum absolute atomic E-state index is 0.0122. The molecule has 0 spiro atoms. The van der Waals surface area contributed by atoms with E-state index in [1.165, 1.54) is 22.9 Å². The summed E-state index contributed by atoms with van der Waals surface area (Å²) in [6, 6.07) is 5.96. The van der Waals surface area contributed by atoms with E-state index in [4.69, 9.17) is 15.2 Å². The van der Waals surface area contributed by atoms with E-state index in [-0.39, 0.29) is 24.7 Å². The molecule has 0 bridgehead atoms. The molecule has 1 fully saturated rings. The lowest BCUT2D eigenvalue weighted by molar-refractivity contribution is -0.147. The van der Waals surface area contributed by atoms with Crippen LogP contribution in [-0.4, -0.2) is 65.4 Å². The zero-order valence-corrected chi connectivity index (χ0v) is 25.7. The van der Waals surface area contributed by atoms with E-state index in [0.717, 1.165) is 12.1 Å². The van der Waals surface area contributed by atoms with Crippen LogP contribution in [0.3, 0.4) is 0 Å². The number of nitrogens with one attached hydrogen (secondary N) is 1. The van der Waals surface area contributed by atoms with Crippen molar-refractivity contribution < 1.29 is 37.4 Å². The minimum atomic E-state index is -1.23. The number of halogens is 2. The van der Waals surface area contributed by atoms with Gasteiger partial charge in [-0.3, -0.25) is 14.4 Å². The smallest absolute Gasteiger partial charge is 0.410 e. The van der Waals surface area contributed by atoms with Gasteiger partial charge < -0.3 is 30.3 Å². The van der Waals surface area contributed by atoms with Crippen molar-refractivity contribution in [2.24, 2.45) is 11.8 Å². The van der Waals surface area contributed by atoms with Gasteiger partial charge in [0.1, 0.15) is 29.0 Å². The highest BCUT2D eigenvalue weighted by Gasteiger charge is 2.44. The second kappa shape index (κ2) is 13.3. The number of nitrogens with zero attached hydrogens (tertiary/aromatic N) is 2. The summed E-state index contributed by atoms with van der Waals surface area (Å²) in [5.74, 6) is -4.60. The number of Topliss-reactive ketones (excluding diaryl/α,β-unsaturated/α-hetero) is 1. The van der Waals surface area contributed by atoms with Gasteiger partial charge in [0.2, 0.25) is 5.91 Å². The van der Waals surface area contributed by atoms with Gasteiger partial charge in [0.25, 0.3) is 5.91 Å². The molecule has 12 heteroatoms. The second-order valence-electron chi connectivity index (χ2n) is 12.4. The molecule has 2 aliphatic heterocycles. The fourth-order valence-electron chi connectivity index (χ4n) is 5.65. The van der Waals surface area contributed by atoms with E-state index < -0.39 is 58.8 Å². The first-order valence-electron chi connectivity index (χ1n) is 14.7. The Hall–Kier alpha value is -4.06. The summed E-state index contributed by atoms with van der Waals surface area (Å²) < 4.78 is 39.8. The number of para-hydroxylation sites is 1. The van der Waals surface area contributed by atoms with E-state index in [9.17, 15) is 28.0 Å². The summed E-state index contributed by atoms with van der Waals surface area (Å²) in [6.45, 7) is 7.57. The molecule has 0 unspecified atom stereocenters. The molecule has 3 amide bonds. The molecular weight excluding hydrogens is 574 g/mol. The Bertz CT molecular complexity index is 1400. The highest BCUT2D eigenvalue weighted by Crippen LogP contribution is 2.40. The van der Waals surface area contributed by atoms with Crippen molar-refractivity contribution in [1.82, 2.24) is 9.80 Å². The van der Waals surface area contributed by atoms with E-state index >= 15 is 0 Å². The maximum atomic E-state index is 14.5. The van der Waals surface area contributed by atoms with Gasteiger partial charge in [0.15, 0.2) is 5.78 Å². The Morgan fingerprint density at radius 3 is 2.36 bits per heavy atom. The van der Waals surface area contributed by atoms with Crippen LogP contribution < -0.4 is 11.1 Å². The Morgan fingerprint density at radius 1 is 1.11 bits per heavy atom.